The molecular weight excluding hydrogens is 189 g/mol. The van der Waals surface area contributed by atoms with Gasteiger partial charge in [-0.15, -0.1) is 0 Å². The number of halogens is 1. The molecule has 1 nitrogen and oxygen atoms in total. The molecule has 0 spiro atoms. The number of hydrogen-bond acceptors (Lipinski definition) is 0. The Balaban J connectivity index is 2.64. The molecule has 78 valence electrons. The molecule has 2 aromatic rings. The van der Waals surface area contributed by atoms with Crippen molar-refractivity contribution < 1.29 is 4.39 Å². The lowest BCUT2D eigenvalue weighted by Gasteiger charge is -2.12. The maximum Gasteiger partial charge on any atom is 0.123 e. The fourth-order valence-corrected chi connectivity index (χ4v) is 1.92. The first-order valence-corrected chi connectivity index (χ1v) is 5.01. The number of rotatable bonds is 1. The lowest BCUT2D eigenvalue weighted by molar-refractivity contribution is 0.626. The number of aromatic nitrogens is 1. The molecule has 0 unspecified atom stereocenters. The zero-order chi connectivity index (χ0) is 11.0. The molecule has 2 rings (SSSR count). The Kier molecular flexibility index (Phi) is 2.35. The van der Waals surface area contributed by atoms with Gasteiger partial charge in [-0.3, -0.25) is 0 Å². The molecule has 0 atom stereocenters. The Morgan fingerprint density at radius 1 is 0.933 bits per heavy atom. The van der Waals surface area contributed by atoms with E-state index in [1.807, 2.05) is 13.0 Å². The highest BCUT2D eigenvalue weighted by molar-refractivity contribution is 5.44. The van der Waals surface area contributed by atoms with Crippen molar-refractivity contribution in [3.8, 4) is 5.69 Å². The van der Waals surface area contributed by atoms with Gasteiger partial charge in [0.2, 0.25) is 0 Å². The summed E-state index contributed by atoms with van der Waals surface area (Å²) in [5, 5.41) is 0. The van der Waals surface area contributed by atoms with Crippen molar-refractivity contribution in [3.05, 3.63) is 53.1 Å². The van der Waals surface area contributed by atoms with Crippen LogP contribution < -0.4 is 0 Å². The summed E-state index contributed by atoms with van der Waals surface area (Å²) in [7, 11) is 0. The summed E-state index contributed by atoms with van der Waals surface area (Å²) in [6.45, 7) is 6.03. The molecule has 2 heteroatoms. The SMILES string of the molecule is Cc1cc(F)ccc1-n1c(C)ccc1C. The van der Waals surface area contributed by atoms with Crippen LogP contribution >= 0.6 is 0 Å². The van der Waals surface area contributed by atoms with Crippen LogP contribution in [-0.4, -0.2) is 4.57 Å². The molecule has 0 saturated heterocycles. The molecule has 1 aromatic carbocycles. The van der Waals surface area contributed by atoms with Crippen molar-refractivity contribution in [2.45, 2.75) is 20.8 Å². The van der Waals surface area contributed by atoms with Gasteiger partial charge in [0.1, 0.15) is 5.82 Å². The summed E-state index contributed by atoms with van der Waals surface area (Å²) in [6.07, 6.45) is 0. The largest absolute Gasteiger partial charge is 0.318 e. The molecule has 0 bridgehead atoms. The van der Waals surface area contributed by atoms with E-state index in [2.05, 4.69) is 30.5 Å². The predicted molar refractivity (Wildman–Crippen MR) is 59.9 cm³/mol. The van der Waals surface area contributed by atoms with E-state index >= 15 is 0 Å². The smallest absolute Gasteiger partial charge is 0.123 e. The number of benzene rings is 1. The fourth-order valence-electron chi connectivity index (χ4n) is 1.92. The van der Waals surface area contributed by atoms with Crippen molar-refractivity contribution in [3.63, 3.8) is 0 Å². The van der Waals surface area contributed by atoms with E-state index in [0.29, 0.717) is 0 Å². The third kappa shape index (κ3) is 1.67. The van der Waals surface area contributed by atoms with Gasteiger partial charge in [-0.25, -0.2) is 4.39 Å². The monoisotopic (exact) mass is 203 g/mol. The van der Waals surface area contributed by atoms with E-state index in [1.165, 1.54) is 17.5 Å². The summed E-state index contributed by atoms with van der Waals surface area (Å²) >= 11 is 0. The molecule has 0 aliphatic carbocycles. The first kappa shape index (κ1) is 9.97. The second kappa shape index (κ2) is 3.54. The summed E-state index contributed by atoms with van der Waals surface area (Å²) < 4.78 is 15.1. The maximum atomic E-state index is 13.0. The van der Waals surface area contributed by atoms with Gasteiger partial charge >= 0.3 is 0 Å². The van der Waals surface area contributed by atoms with E-state index in [4.69, 9.17) is 0 Å². The first-order valence-electron chi connectivity index (χ1n) is 5.01. The molecule has 15 heavy (non-hydrogen) atoms. The van der Waals surface area contributed by atoms with Crippen molar-refractivity contribution in [1.82, 2.24) is 4.57 Å². The summed E-state index contributed by atoms with van der Waals surface area (Å²) in [4.78, 5) is 0. The number of aryl methyl sites for hydroxylation is 3. The zero-order valence-corrected chi connectivity index (χ0v) is 9.21. The van der Waals surface area contributed by atoms with Crippen molar-refractivity contribution in [2.24, 2.45) is 0 Å². The fraction of sp³-hybridized carbons (Fsp3) is 0.231. The Labute approximate surface area is 89.2 Å². The molecule has 0 aliphatic rings. The predicted octanol–water partition coefficient (Wildman–Crippen LogP) is 3.54. The second-order valence-corrected chi connectivity index (χ2v) is 3.88. The molecular formula is C13H14FN. The normalized spacial score (nSPS) is 10.7. The highest BCUT2D eigenvalue weighted by atomic mass is 19.1. The molecule has 0 fully saturated rings. The Bertz CT molecular complexity index is 478. The maximum absolute atomic E-state index is 13.0. The van der Waals surface area contributed by atoms with Crippen LogP contribution in [0.3, 0.4) is 0 Å². The molecule has 1 heterocycles. The van der Waals surface area contributed by atoms with Gasteiger partial charge < -0.3 is 4.57 Å². The van der Waals surface area contributed by atoms with Crippen LogP contribution in [0, 0.1) is 26.6 Å². The summed E-state index contributed by atoms with van der Waals surface area (Å²) in [5.74, 6) is -0.182. The minimum Gasteiger partial charge on any atom is -0.318 e. The third-order valence-corrected chi connectivity index (χ3v) is 2.67. The topological polar surface area (TPSA) is 4.93 Å². The van der Waals surface area contributed by atoms with E-state index < -0.39 is 0 Å². The van der Waals surface area contributed by atoms with Crippen LogP contribution in [0.2, 0.25) is 0 Å². The van der Waals surface area contributed by atoms with Crippen molar-refractivity contribution in [1.29, 1.82) is 0 Å². The average Bonchev–Trinajstić information content (AvgIpc) is 2.48. The van der Waals surface area contributed by atoms with Crippen LogP contribution in [-0.2, 0) is 0 Å². The van der Waals surface area contributed by atoms with Crippen molar-refractivity contribution in [2.75, 3.05) is 0 Å². The van der Waals surface area contributed by atoms with Crippen LogP contribution in [0.5, 0.6) is 0 Å². The molecule has 0 radical (unpaired) electrons. The Hall–Kier alpha value is -1.57. The summed E-state index contributed by atoms with van der Waals surface area (Å²) in [6, 6.07) is 9.02. The third-order valence-electron chi connectivity index (χ3n) is 2.67. The average molecular weight is 203 g/mol. The van der Waals surface area contributed by atoms with E-state index in [0.717, 1.165) is 11.3 Å². The Morgan fingerprint density at radius 3 is 2.07 bits per heavy atom. The lowest BCUT2D eigenvalue weighted by Crippen LogP contribution is -2.01. The molecule has 1 aromatic heterocycles. The van der Waals surface area contributed by atoms with Crippen LogP contribution in [0.4, 0.5) is 4.39 Å². The Morgan fingerprint density at radius 2 is 1.53 bits per heavy atom. The standard InChI is InChI=1S/C13H14FN/c1-9-8-12(14)6-7-13(9)15-10(2)4-5-11(15)3/h4-8H,1-3H3. The minimum atomic E-state index is -0.182. The van der Waals surface area contributed by atoms with Gasteiger partial charge in [-0.05, 0) is 56.7 Å². The highest BCUT2D eigenvalue weighted by Gasteiger charge is 2.06. The summed E-state index contributed by atoms with van der Waals surface area (Å²) in [5.41, 5.74) is 4.35. The first-order chi connectivity index (χ1) is 7.09. The van der Waals surface area contributed by atoms with Gasteiger partial charge in [0, 0.05) is 17.1 Å². The van der Waals surface area contributed by atoms with Gasteiger partial charge in [0.25, 0.3) is 0 Å². The van der Waals surface area contributed by atoms with E-state index in [-0.39, 0.29) is 5.82 Å². The molecule has 0 saturated carbocycles. The van der Waals surface area contributed by atoms with Crippen molar-refractivity contribution >= 4 is 0 Å². The quantitative estimate of drug-likeness (QED) is 0.668. The second-order valence-electron chi connectivity index (χ2n) is 3.88. The van der Waals surface area contributed by atoms with Gasteiger partial charge in [0.15, 0.2) is 0 Å². The van der Waals surface area contributed by atoms with Crippen LogP contribution in [0.25, 0.3) is 5.69 Å². The number of nitrogens with zero attached hydrogens (tertiary/aromatic N) is 1. The van der Waals surface area contributed by atoms with Crippen LogP contribution in [0.1, 0.15) is 17.0 Å². The molecule has 0 amide bonds. The molecule has 0 N–H and O–H groups in total. The van der Waals surface area contributed by atoms with E-state index in [1.54, 1.807) is 6.07 Å². The minimum absolute atomic E-state index is 0.182. The van der Waals surface area contributed by atoms with Gasteiger partial charge in [0.05, 0.1) is 0 Å². The van der Waals surface area contributed by atoms with Gasteiger partial charge in [-0.2, -0.15) is 0 Å². The highest BCUT2D eigenvalue weighted by Crippen LogP contribution is 2.20. The van der Waals surface area contributed by atoms with Gasteiger partial charge in [-0.1, -0.05) is 0 Å². The number of hydrogen-bond donors (Lipinski definition) is 0. The zero-order valence-electron chi connectivity index (χ0n) is 9.21. The molecule has 0 aliphatic heterocycles. The van der Waals surface area contributed by atoms with Crippen LogP contribution in [0.15, 0.2) is 30.3 Å². The van der Waals surface area contributed by atoms with E-state index in [9.17, 15) is 4.39 Å². The lowest BCUT2D eigenvalue weighted by atomic mass is 10.2.